The third kappa shape index (κ3) is 4.43. The Morgan fingerprint density at radius 3 is 2.19 bits per heavy atom. The zero-order valence-electron chi connectivity index (χ0n) is 9.44. The number of halogens is 1. The first kappa shape index (κ1) is 15.3. The predicted octanol–water partition coefficient (Wildman–Crippen LogP) is -1.79. The molecule has 0 aliphatic carbocycles. The molecule has 3 nitrogen and oxygen atoms in total. The highest BCUT2D eigenvalue weighted by Crippen LogP contribution is 2.16. The summed E-state index contributed by atoms with van der Waals surface area (Å²) < 4.78 is 4.92. The van der Waals surface area contributed by atoms with Crippen molar-refractivity contribution in [2.75, 3.05) is 12.5 Å². The second-order valence-electron chi connectivity index (χ2n) is 3.38. The zero-order valence-corrected chi connectivity index (χ0v) is 11.0. The van der Waals surface area contributed by atoms with Gasteiger partial charge < -0.3 is 22.3 Å². The first-order valence-electron chi connectivity index (χ1n) is 4.58. The van der Waals surface area contributed by atoms with Crippen molar-refractivity contribution in [2.24, 2.45) is 0 Å². The lowest BCUT2D eigenvalue weighted by molar-refractivity contribution is -0.142. The van der Waals surface area contributed by atoms with Crippen molar-refractivity contribution >= 4 is 16.9 Å². The van der Waals surface area contributed by atoms with E-state index in [2.05, 4.69) is 12.5 Å². The smallest absolute Gasteiger partial charge is 0.340 e. The Morgan fingerprint density at radius 1 is 1.31 bits per heavy atom. The van der Waals surface area contributed by atoms with Gasteiger partial charge in [0.25, 0.3) is 0 Å². The molecule has 1 unspecified atom stereocenters. The molecule has 0 aliphatic rings. The quantitative estimate of drug-likeness (QED) is 0.398. The molecule has 0 fully saturated rings. The van der Waals surface area contributed by atoms with E-state index in [1.807, 2.05) is 12.1 Å². The second-order valence-corrected chi connectivity index (χ2v) is 5.49. The van der Waals surface area contributed by atoms with Crippen LogP contribution in [0.1, 0.15) is 6.92 Å². The van der Waals surface area contributed by atoms with Gasteiger partial charge in [0, 0.05) is 10.9 Å². The fourth-order valence-corrected chi connectivity index (χ4v) is 1.66. The number of hydrogen-bond donors (Lipinski definition) is 1. The van der Waals surface area contributed by atoms with Gasteiger partial charge >= 0.3 is 5.97 Å². The van der Waals surface area contributed by atoms with Gasteiger partial charge in [0.1, 0.15) is 24.4 Å². The average molecular weight is 263 g/mol. The van der Waals surface area contributed by atoms with E-state index in [1.165, 1.54) is 11.8 Å². The summed E-state index contributed by atoms with van der Waals surface area (Å²) in [6.07, 6.45) is 3.16. The number of rotatable bonds is 3. The van der Waals surface area contributed by atoms with Gasteiger partial charge in [0.15, 0.2) is 4.90 Å². The minimum Gasteiger partial charge on any atom is -1.00 e. The van der Waals surface area contributed by atoms with Crippen molar-refractivity contribution in [1.82, 2.24) is 0 Å². The fraction of sp³-hybridized carbons (Fsp3) is 0.364. The summed E-state index contributed by atoms with van der Waals surface area (Å²) in [7, 11) is 0.201. The summed E-state index contributed by atoms with van der Waals surface area (Å²) in [5.74, 6) is -0.162. The Balaban J connectivity index is 0.00000225. The maximum Gasteiger partial charge on any atom is 0.340 e. The number of benzene rings is 1. The van der Waals surface area contributed by atoms with Crippen LogP contribution in [-0.4, -0.2) is 29.7 Å². The predicted molar refractivity (Wildman–Crippen MR) is 61.2 cm³/mol. The van der Waals surface area contributed by atoms with Crippen LogP contribution in [0.5, 0.6) is 5.75 Å². The van der Waals surface area contributed by atoms with Crippen LogP contribution in [0, 0.1) is 0 Å². The molecule has 0 saturated carbocycles. The van der Waals surface area contributed by atoms with Gasteiger partial charge in [-0.05, 0) is 31.2 Å². The number of aliphatic hydroxyl groups is 1. The third-order valence-electron chi connectivity index (χ3n) is 1.85. The van der Waals surface area contributed by atoms with Crippen LogP contribution in [0.2, 0.25) is 0 Å². The molecular weight excluding hydrogens is 248 g/mol. The molecule has 0 saturated heterocycles. The summed E-state index contributed by atoms with van der Waals surface area (Å²) in [4.78, 5) is 12.3. The van der Waals surface area contributed by atoms with Crippen LogP contribution in [0.15, 0.2) is 29.2 Å². The molecule has 1 rings (SSSR count). The van der Waals surface area contributed by atoms with Crippen molar-refractivity contribution in [1.29, 1.82) is 0 Å². The molecule has 0 radical (unpaired) electrons. The normalized spacial score (nSPS) is 11.8. The highest BCUT2D eigenvalue weighted by Gasteiger charge is 2.12. The van der Waals surface area contributed by atoms with Crippen molar-refractivity contribution in [3.8, 4) is 5.75 Å². The fourth-order valence-electron chi connectivity index (χ4n) is 0.981. The molecule has 0 aliphatic heterocycles. The van der Waals surface area contributed by atoms with Crippen molar-refractivity contribution < 1.29 is 27.0 Å². The van der Waals surface area contributed by atoms with Crippen LogP contribution >= 0.6 is 0 Å². The van der Waals surface area contributed by atoms with Gasteiger partial charge in [-0.1, -0.05) is 0 Å². The largest absolute Gasteiger partial charge is 1.00 e. The molecular formula is C11H15ClO3S. The van der Waals surface area contributed by atoms with Crippen LogP contribution in [-0.2, 0) is 15.7 Å². The first-order valence-corrected chi connectivity index (χ1v) is 6.62. The Labute approximate surface area is 105 Å². The Kier molecular flexibility index (Phi) is 6.48. The molecule has 1 aromatic carbocycles. The van der Waals surface area contributed by atoms with Crippen molar-refractivity contribution in [3.05, 3.63) is 24.3 Å². The minimum atomic E-state index is -1.09. The summed E-state index contributed by atoms with van der Waals surface area (Å²) in [6, 6.07) is 7.33. The monoisotopic (exact) mass is 262 g/mol. The number of carbonyl (C=O) groups is 1. The van der Waals surface area contributed by atoms with Crippen molar-refractivity contribution in [2.45, 2.75) is 17.9 Å². The van der Waals surface area contributed by atoms with E-state index < -0.39 is 12.1 Å². The molecule has 1 atom stereocenters. The molecule has 0 bridgehead atoms. The van der Waals surface area contributed by atoms with E-state index in [0.29, 0.717) is 5.75 Å². The zero-order chi connectivity index (χ0) is 11.4. The SMILES string of the molecule is CC(O)C(=O)Oc1ccc([S+](C)C)cc1.[Cl-]. The lowest BCUT2D eigenvalue weighted by Crippen LogP contribution is -3.00. The van der Waals surface area contributed by atoms with E-state index in [9.17, 15) is 4.79 Å². The van der Waals surface area contributed by atoms with Crippen LogP contribution < -0.4 is 17.1 Å². The molecule has 0 heterocycles. The molecule has 0 amide bonds. The van der Waals surface area contributed by atoms with Gasteiger partial charge in [-0.2, -0.15) is 0 Å². The van der Waals surface area contributed by atoms with Crippen LogP contribution in [0.25, 0.3) is 0 Å². The lowest BCUT2D eigenvalue weighted by Gasteiger charge is -2.05. The topological polar surface area (TPSA) is 46.5 Å². The Hall–Kier alpha value is -0.710. The molecule has 0 spiro atoms. The van der Waals surface area contributed by atoms with Gasteiger partial charge in [0.2, 0.25) is 0 Å². The summed E-state index contributed by atoms with van der Waals surface area (Å²) in [5, 5.41) is 8.95. The Bertz CT molecular complexity index is 336. The number of carbonyl (C=O) groups excluding carboxylic acids is 1. The van der Waals surface area contributed by atoms with Gasteiger partial charge in [-0.3, -0.25) is 0 Å². The number of aliphatic hydroxyl groups excluding tert-OH is 1. The summed E-state index contributed by atoms with van der Waals surface area (Å²) in [6.45, 7) is 1.38. The average Bonchev–Trinajstić information content (AvgIpc) is 2.18. The molecule has 16 heavy (non-hydrogen) atoms. The number of hydrogen-bond acceptors (Lipinski definition) is 3. The van der Waals surface area contributed by atoms with E-state index in [-0.39, 0.29) is 23.3 Å². The molecule has 5 heteroatoms. The number of ether oxygens (including phenoxy) is 1. The second kappa shape index (κ2) is 6.78. The molecule has 1 N–H and O–H groups in total. The summed E-state index contributed by atoms with van der Waals surface area (Å²) in [5.41, 5.74) is 0. The standard InChI is InChI=1S/C11H15O3S.ClH/c1-8(12)11(13)14-9-4-6-10(7-5-9)15(2)3;/h4-8,12H,1-3H3;1H/q+1;/p-1. The third-order valence-corrected chi connectivity index (χ3v) is 3.07. The maximum atomic E-state index is 11.1. The Morgan fingerprint density at radius 2 is 1.81 bits per heavy atom. The molecule has 90 valence electrons. The van der Waals surface area contributed by atoms with Crippen molar-refractivity contribution in [3.63, 3.8) is 0 Å². The first-order chi connectivity index (χ1) is 7.00. The van der Waals surface area contributed by atoms with E-state index in [1.54, 1.807) is 12.1 Å². The summed E-state index contributed by atoms with van der Waals surface area (Å²) >= 11 is 0. The van der Waals surface area contributed by atoms with E-state index in [4.69, 9.17) is 9.84 Å². The number of esters is 1. The van der Waals surface area contributed by atoms with Crippen LogP contribution in [0.4, 0.5) is 0 Å². The highest BCUT2D eigenvalue weighted by molar-refractivity contribution is 7.95. The molecule has 0 aromatic heterocycles. The minimum absolute atomic E-state index is 0. The molecule has 1 aromatic rings. The van der Waals surface area contributed by atoms with Gasteiger partial charge in [-0.25, -0.2) is 4.79 Å². The van der Waals surface area contributed by atoms with E-state index in [0.717, 1.165) is 0 Å². The van der Waals surface area contributed by atoms with Crippen LogP contribution in [0.3, 0.4) is 0 Å². The highest BCUT2D eigenvalue weighted by atomic mass is 35.5. The van der Waals surface area contributed by atoms with Gasteiger partial charge in [-0.15, -0.1) is 0 Å². The lowest BCUT2D eigenvalue weighted by atomic mass is 10.3. The van der Waals surface area contributed by atoms with Gasteiger partial charge in [0.05, 0.1) is 0 Å². The van der Waals surface area contributed by atoms with E-state index >= 15 is 0 Å². The maximum absolute atomic E-state index is 11.1.